The fourth-order valence-corrected chi connectivity index (χ4v) is 3.84. The largest absolute Gasteiger partial charge is 0.0516 e. The van der Waals surface area contributed by atoms with Gasteiger partial charge in [0.05, 0.1) is 0 Å². The maximum Gasteiger partial charge on any atom is 0.0432 e. The van der Waals surface area contributed by atoms with Gasteiger partial charge in [0.15, 0.2) is 0 Å². The summed E-state index contributed by atoms with van der Waals surface area (Å²) in [6.45, 7) is 0. The van der Waals surface area contributed by atoms with Crippen molar-refractivity contribution in [3.63, 3.8) is 0 Å². The molecule has 4 heteroatoms. The van der Waals surface area contributed by atoms with E-state index in [1.54, 1.807) is 0 Å². The van der Waals surface area contributed by atoms with E-state index >= 15 is 0 Å². The lowest BCUT2D eigenvalue weighted by Gasteiger charge is -2.04. The number of hydrogen-bond donors (Lipinski definition) is 0. The topological polar surface area (TPSA) is 0 Å². The van der Waals surface area contributed by atoms with Gasteiger partial charge in [-0.1, -0.05) is 5.92 Å². The van der Waals surface area contributed by atoms with Crippen molar-refractivity contribution in [2.75, 3.05) is 0 Å². The van der Waals surface area contributed by atoms with Crippen molar-refractivity contribution in [1.29, 1.82) is 0 Å². The van der Waals surface area contributed by atoms with Crippen LogP contribution >= 0.6 is 90.4 Å². The van der Waals surface area contributed by atoms with Crippen LogP contribution in [0.4, 0.5) is 0 Å². The molecular weight excluding hydrogens is 604 g/mol. The van der Waals surface area contributed by atoms with Crippen molar-refractivity contribution in [1.82, 2.24) is 0 Å². The number of hydrogen-bond acceptors (Lipinski definition) is 0. The van der Waals surface area contributed by atoms with E-state index in [4.69, 9.17) is 6.42 Å². The molecule has 1 aromatic carbocycles. The van der Waals surface area contributed by atoms with Crippen LogP contribution in [0.1, 0.15) is 5.56 Å². The van der Waals surface area contributed by atoms with E-state index in [-0.39, 0.29) is 0 Å². The molecule has 0 atom stereocenters. The molecule has 0 bridgehead atoms. The van der Waals surface area contributed by atoms with Gasteiger partial charge in [-0.25, -0.2) is 0 Å². The van der Waals surface area contributed by atoms with Crippen LogP contribution in [0.5, 0.6) is 0 Å². The van der Waals surface area contributed by atoms with Gasteiger partial charge < -0.3 is 0 Å². The number of halogens is 4. The van der Waals surface area contributed by atoms with Gasteiger partial charge in [-0.05, 0) is 103 Å². The Bertz CT molecular complexity index is 362. The molecule has 0 aromatic heterocycles. The van der Waals surface area contributed by atoms with E-state index < -0.39 is 0 Å². The van der Waals surface area contributed by atoms with Crippen molar-refractivity contribution in [2.24, 2.45) is 0 Å². The molecule has 1 aromatic rings. The maximum atomic E-state index is 7.08. The van der Waals surface area contributed by atoms with Gasteiger partial charge in [0, 0.05) is 19.8 Å². The highest BCUT2D eigenvalue weighted by molar-refractivity contribution is 14.1. The predicted molar refractivity (Wildman–Crippen MR) is 83.5 cm³/mol. The Kier molecular flexibility index (Phi) is 4.88. The van der Waals surface area contributed by atoms with Gasteiger partial charge in [0.25, 0.3) is 0 Å². The van der Waals surface area contributed by atoms with Crippen LogP contribution in [0, 0.1) is 26.6 Å². The smallest absolute Gasteiger partial charge is 0.0432 e. The average Bonchev–Trinajstić information content (AvgIpc) is 2.08. The molecule has 1 radical (unpaired) electrons. The molecule has 61 valence electrons. The van der Waals surface area contributed by atoms with Gasteiger partial charge in [0.2, 0.25) is 0 Å². The van der Waals surface area contributed by atoms with Crippen LogP contribution < -0.4 is 0 Å². The molecule has 0 aliphatic carbocycles. The molecule has 0 unspecified atom stereocenters. The Labute approximate surface area is 126 Å². The normalized spacial score (nSPS) is 9.58. The lowest BCUT2D eigenvalue weighted by molar-refractivity contribution is 1.44. The summed E-state index contributed by atoms with van der Waals surface area (Å²) in [5.74, 6) is 2.43. The van der Waals surface area contributed by atoms with Crippen LogP contribution in [0.3, 0.4) is 0 Å². The van der Waals surface area contributed by atoms with E-state index in [0.29, 0.717) is 0 Å². The highest BCUT2D eigenvalue weighted by atomic mass is 127. The second-order valence-corrected chi connectivity index (χ2v) is 6.37. The first kappa shape index (κ1) is 11.8. The number of benzene rings is 1. The molecule has 0 aliphatic heterocycles. The quantitative estimate of drug-likeness (QED) is 0.182. The summed E-state index contributed by atoms with van der Waals surface area (Å²) in [7, 11) is 0. The Morgan fingerprint density at radius 2 is 1.58 bits per heavy atom. The van der Waals surface area contributed by atoms with Gasteiger partial charge in [-0.2, -0.15) is 0 Å². The third kappa shape index (κ3) is 2.38. The molecule has 0 saturated carbocycles. The second kappa shape index (κ2) is 4.97. The van der Waals surface area contributed by atoms with Crippen LogP contribution in [0.2, 0.25) is 0 Å². The minimum absolute atomic E-state index is 0.879. The minimum atomic E-state index is 0.879. The Morgan fingerprint density at radius 1 is 1.00 bits per heavy atom. The van der Waals surface area contributed by atoms with E-state index in [1.807, 2.05) is 6.07 Å². The van der Waals surface area contributed by atoms with Crippen LogP contribution in [-0.2, 0) is 0 Å². The fourth-order valence-electron chi connectivity index (χ4n) is 0.664. The van der Waals surface area contributed by atoms with Gasteiger partial charge >= 0.3 is 0 Å². The minimum Gasteiger partial charge on any atom is -0.0516 e. The van der Waals surface area contributed by atoms with Crippen molar-refractivity contribution in [2.45, 2.75) is 0 Å². The first-order chi connectivity index (χ1) is 5.57. The van der Waals surface area contributed by atoms with E-state index in [1.165, 1.54) is 10.7 Å². The number of rotatable bonds is 0. The molecule has 0 fully saturated rings. The third-order valence-electron chi connectivity index (χ3n) is 1.24. The average molecular weight is 605 g/mol. The Morgan fingerprint density at radius 3 is 2.08 bits per heavy atom. The standard InChI is InChI=1S/C8HI4/c1-2-4-3-5(9)7(11)8(12)6(4)10/h3H. The summed E-state index contributed by atoms with van der Waals surface area (Å²) < 4.78 is 4.79. The molecule has 0 N–H and O–H groups in total. The van der Waals surface area contributed by atoms with Gasteiger partial charge in [-0.3, -0.25) is 0 Å². The maximum absolute atomic E-state index is 7.08. The van der Waals surface area contributed by atoms with Crippen LogP contribution in [-0.4, -0.2) is 0 Å². The molecule has 12 heavy (non-hydrogen) atoms. The highest BCUT2D eigenvalue weighted by Gasteiger charge is 2.09. The molecule has 0 heterocycles. The van der Waals surface area contributed by atoms with Crippen molar-refractivity contribution in [3.05, 3.63) is 32.3 Å². The van der Waals surface area contributed by atoms with E-state index in [2.05, 4.69) is 96.3 Å². The zero-order chi connectivity index (χ0) is 9.30. The molecule has 0 saturated heterocycles. The van der Waals surface area contributed by atoms with Crippen molar-refractivity contribution >= 4 is 90.4 Å². The lowest BCUT2D eigenvalue weighted by Crippen LogP contribution is -1.93. The molecule has 0 nitrogen and oxygen atoms in total. The van der Waals surface area contributed by atoms with Crippen LogP contribution in [0.25, 0.3) is 0 Å². The van der Waals surface area contributed by atoms with Gasteiger partial charge in [0.1, 0.15) is 0 Å². The van der Waals surface area contributed by atoms with Gasteiger partial charge in [-0.15, -0.1) is 0 Å². The summed E-state index contributed by atoms with van der Waals surface area (Å²) >= 11 is 9.14. The Hall–Kier alpha value is 1.70. The third-order valence-corrected chi connectivity index (χ3v) is 8.50. The summed E-state index contributed by atoms with van der Waals surface area (Å²) in [5.41, 5.74) is 0.879. The molecule has 1 rings (SSSR count). The summed E-state index contributed by atoms with van der Waals surface area (Å²) in [5, 5.41) is 0. The zero-order valence-electron chi connectivity index (χ0n) is 5.59. The fraction of sp³-hybridized carbons (Fsp3) is 0. The van der Waals surface area contributed by atoms with Crippen LogP contribution in [0.15, 0.2) is 6.07 Å². The SMILES string of the molecule is [C]#Cc1cc(I)c(I)c(I)c1I. The lowest BCUT2D eigenvalue weighted by atomic mass is 10.2. The first-order valence-corrected chi connectivity index (χ1v) is 7.15. The summed E-state index contributed by atoms with van der Waals surface area (Å²) in [6, 6.07) is 1.99. The monoisotopic (exact) mass is 605 g/mol. The van der Waals surface area contributed by atoms with E-state index in [0.717, 1.165) is 9.13 Å². The molecule has 0 aliphatic rings. The molecule has 0 amide bonds. The second-order valence-electron chi connectivity index (χ2n) is 1.97. The predicted octanol–water partition coefficient (Wildman–Crippen LogP) is 4.04. The van der Waals surface area contributed by atoms with E-state index in [9.17, 15) is 0 Å². The zero-order valence-corrected chi connectivity index (χ0v) is 14.2. The first-order valence-electron chi connectivity index (χ1n) is 2.83. The molecular formula is C8HI4. The highest BCUT2D eigenvalue weighted by Crippen LogP contribution is 2.28. The summed E-state index contributed by atoms with van der Waals surface area (Å²) in [4.78, 5) is 0. The summed E-state index contributed by atoms with van der Waals surface area (Å²) in [6.07, 6.45) is 7.08. The van der Waals surface area contributed by atoms with Crippen molar-refractivity contribution < 1.29 is 0 Å². The molecule has 0 spiro atoms. The Balaban J connectivity index is 3.52. The van der Waals surface area contributed by atoms with Crippen molar-refractivity contribution in [3.8, 4) is 5.92 Å².